The van der Waals surface area contributed by atoms with Crippen molar-refractivity contribution in [1.82, 2.24) is 14.8 Å². The number of fused-ring (bicyclic) bond motifs is 1. The average Bonchev–Trinajstić information content (AvgIpc) is 2.95. The van der Waals surface area contributed by atoms with Crippen LogP contribution < -0.4 is 0 Å². The zero-order chi connectivity index (χ0) is 17.3. The maximum atomic E-state index is 12.8. The van der Waals surface area contributed by atoms with Crippen molar-refractivity contribution >= 4 is 21.8 Å². The maximum Gasteiger partial charge on any atom is 0.416 e. The van der Waals surface area contributed by atoms with E-state index in [9.17, 15) is 17.4 Å². The summed E-state index contributed by atoms with van der Waals surface area (Å²) in [5.74, 6) is 0.796. The predicted octanol–water partition coefficient (Wildman–Crippen LogP) is 3.84. The van der Waals surface area contributed by atoms with Crippen LogP contribution in [0.2, 0.25) is 0 Å². The molecule has 1 aromatic carbocycles. The van der Waals surface area contributed by atoms with Crippen molar-refractivity contribution in [2.45, 2.75) is 19.0 Å². The zero-order valence-corrected chi connectivity index (χ0v) is 13.6. The maximum absolute atomic E-state index is 12.8. The van der Waals surface area contributed by atoms with Gasteiger partial charge >= 0.3 is 6.18 Å². The summed E-state index contributed by atoms with van der Waals surface area (Å²) in [4.78, 5) is 4.24. The third-order valence-electron chi connectivity index (χ3n) is 3.53. The molecule has 2 aromatic heterocycles. The number of rotatable bonds is 4. The molecule has 8 heteroatoms. The Balaban J connectivity index is 1.97. The second kappa shape index (κ2) is 6.35. The number of pyridine rings is 1. The van der Waals surface area contributed by atoms with Crippen molar-refractivity contribution in [1.29, 1.82) is 0 Å². The van der Waals surface area contributed by atoms with Crippen molar-refractivity contribution < 1.29 is 17.4 Å². The van der Waals surface area contributed by atoms with Gasteiger partial charge in [0.1, 0.15) is 16.9 Å². The lowest BCUT2D eigenvalue weighted by atomic mass is 10.0. The second-order valence-electron chi connectivity index (χ2n) is 5.23. The topological polar surface area (TPSA) is 47.8 Å². The van der Waals surface area contributed by atoms with Crippen LogP contribution in [0.15, 0.2) is 42.7 Å². The van der Waals surface area contributed by atoms with E-state index in [4.69, 9.17) is 0 Å². The van der Waals surface area contributed by atoms with Crippen molar-refractivity contribution in [3.8, 4) is 11.1 Å². The molecule has 1 atom stereocenters. The average molecular weight is 353 g/mol. The first-order valence-corrected chi connectivity index (χ1v) is 8.71. The molecule has 1 unspecified atom stereocenters. The number of nitrogens with zero attached hydrogens (tertiary/aromatic N) is 3. The number of hydrogen-bond acceptors (Lipinski definition) is 3. The monoisotopic (exact) mass is 353 g/mol. The van der Waals surface area contributed by atoms with E-state index in [1.165, 1.54) is 12.3 Å². The van der Waals surface area contributed by atoms with E-state index in [2.05, 4.69) is 10.1 Å². The quantitative estimate of drug-likeness (QED) is 0.716. The van der Waals surface area contributed by atoms with Crippen LogP contribution in [-0.4, -0.2) is 24.7 Å². The first-order chi connectivity index (χ1) is 11.4. The van der Waals surface area contributed by atoms with Gasteiger partial charge in [-0.05, 0) is 23.8 Å². The van der Waals surface area contributed by atoms with Gasteiger partial charge in [-0.2, -0.15) is 18.3 Å². The minimum atomic E-state index is -4.39. The molecule has 0 saturated heterocycles. The van der Waals surface area contributed by atoms with Crippen molar-refractivity contribution in [2.75, 3.05) is 5.75 Å². The fourth-order valence-electron chi connectivity index (χ4n) is 2.29. The van der Waals surface area contributed by atoms with Gasteiger partial charge in [0.05, 0.1) is 11.8 Å². The number of hydrogen-bond donors (Lipinski definition) is 0. The fraction of sp³-hybridized carbons (Fsp3) is 0.250. The summed E-state index contributed by atoms with van der Waals surface area (Å²) in [7, 11) is -1.01. The van der Waals surface area contributed by atoms with Crippen LogP contribution in [0, 0.1) is 0 Å². The molecule has 4 nitrogen and oxygen atoms in total. The zero-order valence-electron chi connectivity index (χ0n) is 12.7. The van der Waals surface area contributed by atoms with Crippen LogP contribution in [0.3, 0.4) is 0 Å². The van der Waals surface area contributed by atoms with Crippen LogP contribution in [0.4, 0.5) is 13.2 Å². The SMILES string of the molecule is CCS(=O)Cn1cc2ncc(-c3cccc(C(F)(F)F)c3)cc2n1. The molecule has 0 aliphatic rings. The van der Waals surface area contributed by atoms with E-state index in [-0.39, 0.29) is 5.88 Å². The first kappa shape index (κ1) is 16.6. The van der Waals surface area contributed by atoms with Crippen LogP contribution in [0.1, 0.15) is 12.5 Å². The summed E-state index contributed by atoms with van der Waals surface area (Å²) in [5, 5.41) is 4.30. The van der Waals surface area contributed by atoms with E-state index in [0.29, 0.717) is 27.9 Å². The summed E-state index contributed by atoms with van der Waals surface area (Å²) in [6, 6.07) is 6.77. The summed E-state index contributed by atoms with van der Waals surface area (Å²) in [6.45, 7) is 1.82. The van der Waals surface area contributed by atoms with Crippen LogP contribution >= 0.6 is 0 Å². The van der Waals surface area contributed by atoms with Gasteiger partial charge < -0.3 is 0 Å². The molecule has 0 amide bonds. The molecule has 2 heterocycles. The minimum absolute atomic E-state index is 0.270. The van der Waals surface area contributed by atoms with Crippen molar-refractivity contribution in [3.05, 3.63) is 48.3 Å². The van der Waals surface area contributed by atoms with Gasteiger partial charge in [-0.15, -0.1) is 0 Å². The molecule has 0 saturated carbocycles. The van der Waals surface area contributed by atoms with E-state index < -0.39 is 22.5 Å². The standard InChI is InChI=1S/C16H14F3N3OS/c1-2-24(23)10-22-9-15-14(21-22)7-12(8-20-15)11-4-3-5-13(6-11)16(17,18)19/h3-9H,2,10H2,1H3. The molecular weight excluding hydrogens is 339 g/mol. The van der Waals surface area contributed by atoms with Gasteiger partial charge in [0, 0.05) is 28.3 Å². The molecule has 3 aromatic rings. The highest BCUT2D eigenvalue weighted by molar-refractivity contribution is 7.83. The molecule has 0 N–H and O–H groups in total. The Bertz CT molecular complexity index is 905. The Morgan fingerprint density at radius 3 is 2.67 bits per heavy atom. The molecule has 3 rings (SSSR count). The molecule has 0 bridgehead atoms. The third kappa shape index (κ3) is 3.48. The largest absolute Gasteiger partial charge is 0.416 e. The normalized spacial score (nSPS) is 13.3. The first-order valence-electron chi connectivity index (χ1n) is 7.22. The lowest BCUT2D eigenvalue weighted by Gasteiger charge is -2.08. The molecule has 0 aliphatic heterocycles. The van der Waals surface area contributed by atoms with E-state index in [1.807, 2.05) is 6.92 Å². The predicted molar refractivity (Wildman–Crippen MR) is 86.6 cm³/mol. The highest BCUT2D eigenvalue weighted by Gasteiger charge is 2.30. The van der Waals surface area contributed by atoms with Crippen LogP contribution in [-0.2, 0) is 22.9 Å². The van der Waals surface area contributed by atoms with Gasteiger partial charge in [-0.25, -0.2) is 0 Å². The molecule has 0 fully saturated rings. The number of benzene rings is 1. The van der Waals surface area contributed by atoms with Crippen molar-refractivity contribution in [3.63, 3.8) is 0 Å². The molecule has 24 heavy (non-hydrogen) atoms. The van der Waals surface area contributed by atoms with Gasteiger partial charge in [0.2, 0.25) is 0 Å². The van der Waals surface area contributed by atoms with E-state index in [1.54, 1.807) is 23.0 Å². The molecule has 0 radical (unpaired) electrons. The van der Waals surface area contributed by atoms with E-state index in [0.717, 1.165) is 12.1 Å². The van der Waals surface area contributed by atoms with Gasteiger partial charge in [-0.3, -0.25) is 13.9 Å². The molecule has 0 aliphatic carbocycles. The lowest BCUT2D eigenvalue weighted by molar-refractivity contribution is -0.137. The summed E-state index contributed by atoms with van der Waals surface area (Å²) in [6.07, 6.45) is -1.20. The van der Waals surface area contributed by atoms with E-state index >= 15 is 0 Å². The van der Waals surface area contributed by atoms with Crippen LogP contribution in [0.25, 0.3) is 22.2 Å². The second-order valence-corrected chi connectivity index (χ2v) is 6.95. The Morgan fingerprint density at radius 2 is 1.96 bits per heavy atom. The fourth-order valence-corrected chi connectivity index (χ4v) is 2.90. The molecule has 126 valence electrons. The Labute approximate surface area is 138 Å². The Morgan fingerprint density at radius 1 is 1.17 bits per heavy atom. The highest BCUT2D eigenvalue weighted by Crippen LogP contribution is 2.32. The highest BCUT2D eigenvalue weighted by atomic mass is 32.2. The third-order valence-corrected chi connectivity index (χ3v) is 4.72. The van der Waals surface area contributed by atoms with Gasteiger partial charge in [-0.1, -0.05) is 19.1 Å². The number of halogens is 3. The summed E-state index contributed by atoms with van der Waals surface area (Å²) in [5.41, 5.74) is 1.43. The summed E-state index contributed by atoms with van der Waals surface area (Å²) < 4.78 is 51.7. The summed E-state index contributed by atoms with van der Waals surface area (Å²) >= 11 is 0. The van der Waals surface area contributed by atoms with Gasteiger partial charge in [0.25, 0.3) is 0 Å². The van der Waals surface area contributed by atoms with Crippen molar-refractivity contribution in [2.24, 2.45) is 0 Å². The number of alkyl halides is 3. The minimum Gasteiger partial charge on any atom is -0.258 e. The Kier molecular flexibility index (Phi) is 4.40. The van der Waals surface area contributed by atoms with Crippen LogP contribution in [0.5, 0.6) is 0 Å². The molecule has 0 spiro atoms. The smallest absolute Gasteiger partial charge is 0.258 e. The Hall–Kier alpha value is -2.22. The molecular formula is C16H14F3N3OS. The van der Waals surface area contributed by atoms with Gasteiger partial charge in [0.15, 0.2) is 0 Å². The lowest BCUT2D eigenvalue weighted by Crippen LogP contribution is -2.06. The number of aromatic nitrogens is 3.